The monoisotopic (exact) mass is 162 g/mol. The van der Waals surface area contributed by atoms with Crippen molar-refractivity contribution in [2.75, 3.05) is 18.1 Å². The van der Waals surface area contributed by atoms with Crippen molar-refractivity contribution >= 4 is 11.4 Å². The third-order valence-electron chi connectivity index (χ3n) is 1.35. The van der Waals surface area contributed by atoms with Crippen LogP contribution in [0.3, 0.4) is 0 Å². The summed E-state index contributed by atoms with van der Waals surface area (Å²) in [5, 5.41) is 0. The summed E-state index contributed by atoms with van der Waals surface area (Å²) in [5.74, 6) is 2.88. The zero-order valence-electron chi connectivity index (χ0n) is 6.58. The van der Waals surface area contributed by atoms with Gasteiger partial charge < -0.3 is 16.2 Å². The van der Waals surface area contributed by atoms with E-state index < -0.39 is 0 Å². The molecular weight excluding hydrogens is 152 g/mol. The second-order valence-corrected chi connectivity index (χ2v) is 2.29. The van der Waals surface area contributed by atoms with E-state index >= 15 is 0 Å². The molecule has 0 spiro atoms. The maximum absolute atomic E-state index is 5.58. The smallest absolute Gasteiger partial charge is 0.148 e. The van der Waals surface area contributed by atoms with Crippen LogP contribution in [0.4, 0.5) is 11.4 Å². The molecule has 0 bridgehead atoms. The molecule has 0 amide bonds. The first-order chi connectivity index (χ1) is 5.74. The molecule has 3 nitrogen and oxygen atoms in total. The Morgan fingerprint density at radius 3 is 2.83 bits per heavy atom. The van der Waals surface area contributed by atoms with Gasteiger partial charge in [-0.05, 0) is 12.1 Å². The number of rotatable bonds is 2. The first kappa shape index (κ1) is 8.28. The molecule has 1 aromatic rings. The molecule has 0 aliphatic carbocycles. The molecule has 0 fully saturated rings. The van der Waals surface area contributed by atoms with Gasteiger partial charge in [0.25, 0.3) is 0 Å². The van der Waals surface area contributed by atoms with Crippen LogP contribution in [0.15, 0.2) is 18.2 Å². The topological polar surface area (TPSA) is 61.3 Å². The van der Waals surface area contributed by atoms with Gasteiger partial charge in [0.1, 0.15) is 12.4 Å². The summed E-state index contributed by atoms with van der Waals surface area (Å²) in [6.07, 6.45) is 5.02. The Morgan fingerprint density at radius 1 is 1.42 bits per heavy atom. The van der Waals surface area contributed by atoms with E-state index in [1.165, 1.54) is 0 Å². The minimum atomic E-state index is 0.202. The summed E-state index contributed by atoms with van der Waals surface area (Å²) in [7, 11) is 0. The van der Waals surface area contributed by atoms with Crippen LogP contribution >= 0.6 is 0 Å². The molecule has 0 saturated heterocycles. The van der Waals surface area contributed by atoms with Crippen molar-refractivity contribution in [1.82, 2.24) is 0 Å². The Balaban J connectivity index is 2.84. The van der Waals surface area contributed by atoms with E-state index in [2.05, 4.69) is 5.92 Å². The number of hydrogen-bond acceptors (Lipinski definition) is 3. The van der Waals surface area contributed by atoms with Gasteiger partial charge in [0, 0.05) is 11.8 Å². The second-order valence-electron chi connectivity index (χ2n) is 2.29. The first-order valence-electron chi connectivity index (χ1n) is 3.45. The van der Waals surface area contributed by atoms with Crippen molar-refractivity contribution in [3.05, 3.63) is 18.2 Å². The van der Waals surface area contributed by atoms with E-state index in [1.54, 1.807) is 18.2 Å². The Morgan fingerprint density at radius 2 is 2.17 bits per heavy atom. The van der Waals surface area contributed by atoms with Crippen LogP contribution in [0.2, 0.25) is 0 Å². The molecule has 1 rings (SSSR count). The minimum absolute atomic E-state index is 0.202. The summed E-state index contributed by atoms with van der Waals surface area (Å²) < 4.78 is 5.13. The molecule has 0 unspecified atom stereocenters. The quantitative estimate of drug-likeness (QED) is 0.501. The molecule has 3 heteroatoms. The van der Waals surface area contributed by atoms with Gasteiger partial charge in [-0.15, -0.1) is 6.42 Å². The predicted molar refractivity (Wildman–Crippen MR) is 49.6 cm³/mol. The van der Waals surface area contributed by atoms with Crippen LogP contribution in [-0.4, -0.2) is 6.61 Å². The highest BCUT2D eigenvalue weighted by atomic mass is 16.5. The number of hydrogen-bond donors (Lipinski definition) is 2. The summed E-state index contributed by atoms with van der Waals surface area (Å²) in [5.41, 5.74) is 12.2. The lowest BCUT2D eigenvalue weighted by atomic mass is 10.2. The van der Waals surface area contributed by atoms with Crippen molar-refractivity contribution in [2.45, 2.75) is 0 Å². The summed E-state index contributed by atoms with van der Waals surface area (Å²) in [6.45, 7) is 0.202. The summed E-state index contributed by atoms with van der Waals surface area (Å²) >= 11 is 0. The van der Waals surface area contributed by atoms with Crippen molar-refractivity contribution < 1.29 is 4.74 Å². The molecule has 0 aliphatic rings. The SMILES string of the molecule is C#CCOc1cc(N)ccc1N. The second kappa shape index (κ2) is 3.54. The number of nitrogens with two attached hydrogens (primary N) is 2. The van der Waals surface area contributed by atoms with E-state index in [9.17, 15) is 0 Å². The van der Waals surface area contributed by atoms with E-state index in [4.69, 9.17) is 22.6 Å². The molecule has 12 heavy (non-hydrogen) atoms. The molecule has 0 aromatic heterocycles. The van der Waals surface area contributed by atoms with Gasteiger partial charge in [0.2, 0.25) is 0 Å². The maximum Gasteiger partial charge on any atom is 0.148 e. The van der Waals surface area contributed by atoms with E-state index in [0.29, 0.717) is 17.1 Å². The molecule has 0 aliphatic heterocycles. The van der Waals surface area contributed by atoms with Crippen LogP contribution < -0.4 is 16.2 Å². The van der Waals surface area contributed by atoms with Gasteiger partial charge in [0.05, 0.1) is 5.69 Å². The Kier molecular flexibility index (Phi) is 2.44. The Hall–Kier alpha value is -1.82. The van der Waals surface area contributed by atoms with Gasteiger partial charge in [-0.1, -0.05) is 5.92 Å². The van der Waals surface area contributed by atoms with E-state index in [1.807, 2.05) is 0 Å². The molecule has 0 saturated carbocycles. The molecule has 0 radical (unpaired) electrons. The fourth-order valence-electron chi connectivity index (χ4n) is 0.795. The van der Waals surface area contributed by atoms with Crippen molar-refractivity contribution in [1.29, 1.82) is 0 Å². The number of nitrogen functional groups attached to an aromatic ring is 2. The molecule has 4 N–H and O–H groups in total. The summed E-state index contributed by atoms with van der Waals surface area (Å²) in [6, 6.07) is 5.03. The van der Waals surface area contributed by atoms with Gasteiger partial charge in [-0.25, -0.2) is 0 Å². The van der Waals surface area contributed by atoms with Crippen LogP contribution in [0.1, 0.15) is 0 Å². The predicted octanol–water partition coefficient (Wildman–Crippen LogP) is 0.863. The number of terminal acetylenes is 1. The Labute approximate surface area is 71.3 Å². The molecule has 0 atom stereocenters. The van der Waals surface area contributed by atoms with Crippen LogP contribution in [0, 0.1) is 12.3 Å². The average Bonchev–Trinajstić information content (AvgIpc) is 2.07. The third-order valence-corrected chi connectivity index (χ3v) is 1.35. The summed E-state index contributed by atoms with van der Waals surface area (Å²) in [4.78, 5) is 0. The Bertz CT molecular complexity index is 315. The standard InChI is InChI=1S/C9H10N2O/c1-2-5-12-9-6-7(10)3-4-8(9)11/h1,3-4,6H,5,10-11H2. The molecule has 62 valence electrons. The minimum Gasteiger partial charge on any atom is -0.479 e. The largest absolute Gasteiger partial charge is 0.479 e. The lowest BCUT2D eigenvalue weighted by molar-refractivity contribution is 0.372. The fraction of sp³-hybridized carbons (Fsp3) is 0.111. The van der Waals surface area contributed by atoms with Crippen LogP contribution in [-0.2, 0) is 0 Å². The van der Waals surface area contributed by atoms with Gasteiger partial charge in [-0.2, -0.15) is 0 Å². The first-order valence-corrected chi connectivity index (χ1v) is 3.45. The van der Waals surface area contributed by atoms with Crippen molar-refractivity contribution in [3.8, 4) is 18.1 Å². The molecule has 1 aromatic carbocycles. The average molecular weight is 162 g/mol. The number of anilines is 2. The zero-order chi connectivity index (χ0) is 8.97. The van der Waals surface area contributed by atoms with Crippen LogP contribution in [0.25, 0.3) is 0 Å². The van der Waals surface area contributed by atoms with E-state index in [0.717, 1.165) is 0 Å². The van der Waals surface area contributed by atoms with Gasteiger partial charge in [0.15, 0.2) is 0 Å². The highest BCUT2D eigenvalue weighted by Gasteiger charge is 1.98. The van der Waals surface area contributed by atoms with Gasteiger partial charge >= 0.3 is 0 Å². The van der Waals surface area contributed by atoms with Crippen molar-refractivity contribution in [3.63, 3.8) is 0 Å². The van der Waals surface area contributed by atoms with E-state index in [-0.39, 0.29) is 6.61 Å². The number of benzene rings is 1. The number of ether oxygens (including phenoxy) is 1. The molecule has 0 heterocycles. The lowest BCUT2D eigenvalue weighted by Crippen LogP contribution is -1.98. The van der Waals surface area contributed by atoms with Crippen LogP contribution in [0.5, 0.6) is 5.75 Å². The highest BCUT2D eigenvalue weighted by Crippen LogP contribution is 2.23. The zero-order valence-corrected chi connectivity index (χ0v) is 6.58. The fourth-order valence-corrected chi connectivity index (χ4v) is 0.795. The van der Waals surface area contributed by atoms with Gasteiger partial charge in [-0.3, -0.25) is 0 Å². The molecular formula is C9H10N2O. The normalized spacial score (nSPS) is 8.92. The third kappa shape index (κ3) is 1.83. The lowest BCUT2D eigenvalue weighted by Gasteiger charge is -2.05. The van der Waals surface area contributed by atoms with Crippen molar-refractivity contribution in [2.24, 2.45) is 0 Å². The highest BCUT2D eigenvalue weighted by molar-refractivity contribution is 5.59. The maximum atomic E-state index is 5.58.